The van der Waals surface area contributed by atoms with Crippen molar-refractivity contribution in [2.75, 3.05) is 33.3 Å². The minimum Gasteiger partial charge on any atom is -0.496 e. The lowest BCUT2D eigenvalue weighted by atomic mass is 9.93. The molecular formula is C21H26N2O3. The van der Waals surface area contributed by atoms with Crippen molar-refractivity contribution in [1.82, 2.24) is 10.2 Å². The standard InChI is InChI=1S/C21H26N2O3/c1-26-19-10-6-5-7-17(19)11-13-22-20(24)15-23-14-12-21(25,16-23)18-8-3-2-4-9-18/h2-10,25H,11-16H2,1H3,(H,22,24). The SMILES string of the molecule is COc1ccccc1CCNC(=O)CN1CCC(O)(c2ccccc2)C1. The quantitative estimate of drug-likeness (QED) is 0.798. The average molecular weight is 354 g/mol. The summed E-state index contributed by atoms with van der Waals surface area (Å²) in [5.41, 5.74) is 1.13. The summed E-state index contributed by atoms with van der Waals surface area (Å²) in [5, 5.41) is 13.8. The molecule has 5 heteroatoms. The van der Waals surface area contributed by atoms with Crippen LogP contribution in [0.3, 0.4) is 0 Å². The third kappa shape index (κ3) is 4.42. The molecule has 0 aliphatic carbocycles. The topological polar surface area (TPSA) is 61.8 Å². The van der Waals surface area contributed by atoms with Crippen molar-refractivity contribution in [3.05, 3.63) is 65.7 Å². The maximum Gasteiger partial charge on any atom is 0.234 e. The van der Waals surface area contributed by atoms with Gasteiger partial charge in [0.25, 0.3) is 0 Å². The van der Waals surface area contributed by atoms with Gasteiger partial charge in [0, 0.05) is 19.6 Å². The Labute approximate surface area is 154 Å². The third-order valence-electron chi connectivity index (χ3n) is 4.91. The summed E-state index contributed by atoms with van der Waals surface area (Å²) in [4.78, 5) is 14.2. The van der Waals surface area contributed by atoms with Crippen LogP contribution < -0.4 is 10.1 Å². The normalized spacial score (nSPS) is 20.1. The Balaban J connectivity index is 1.46. The predicted octanol–water partition coefficient (Wildman–Crippen LogP) is 1.95. The molecule has 0 saturated carbocycles. The number of likely N-dealkylation sites (tertiary alicyclic amines) is 1. The van der Waals surface area contributed by atoms with Crippen LogP contribution in [0.25, 0.3) is 0 Å². The molecular weight excluding hydrogens is 328 g/mol. The van der Waals surface area contributed by atoms with Gasteiger partial charge in [0.2, 0.25) is 5.91 Å². The molecule has 1 unspecified atom stereocenters. The molecule has 0 radical (unpaired) electrons. The Morgan fingerprint density at radius 3 is 2.69 bits per heavy atom. The lowest BCUT2D eigenvalue weighted by molar-refractivity contribution is -0.122. The number of ether oxygens (including phenoxy) is 1. The second kappa shape index (κ2) is 8.34. The molecule has 3 rings (SSSR count). The Kier molecular flexibility index (Phi) is 5.91. The van der Waals surface area contributed by atoms with Crippen LogP contribution in [0.2, 0.25) is 0 Å². The summed E-state index contributed by atoms with van der Waals surface area (Å²) in [6, 6.07) is 17.5. The average Bonchev–Trinajstić information content (AvgIpc) is 3.05. The molecule has 1 aliphatic rings. The van der Waals surface area contributed by atoms with Crippen LogP contribution >= 0.6 is 0 Å². The Morgan fingerprint density at radius 1 is 1.19 bits per heavy atom. The molecule has 2 aromatic carbocycles. The zero-order chi connectivity index (χ0) is 18.4. The maximum absolute atomic E-state index is 12.2. The van der Waals surface area contributed by atoms with E-state index in [1.807, 2.05) is 59.5 Å². The second-order valence-corrected chi connectivity index (χ2v) is 6.77. The van der Waals surface area contributed by atoms with E-state index in [4.69, 9.17) is 4.74 Å². The van der Waals surface area contributed by atoms with Crippen LogP contribution in [0.15, 0.2) is 54.6 Å². The number of carbonyl (C=O) groups is 1. The van der Waals surface area contributed by atoms with Crippen LogP contribution in [0.5, 0.6) is 5.75 Å². The first-order valence-electron chi connectivity index (χ1n) is 8.99. The number of hydrogen-bond acceptors (Lipinski definition) is 4. The van der Waals surface area contributed by atoms with Crippen molar-refractivity contribution in [2.24, 2.45) is 0 Å². The number of methoxy groups -OCH3 is 1. The van der Waals surface area contributed by atoms with Crippen molar-refractivity contribution in [1.29, 1.82) is 0 Å². The van der Waals surface area contributed by atoms with Crippen molar-refractivity contribution >= 4 is 5.91 Å². The number of para-hydroxylation sites is 1. The molecule has 1 saturated heterocycles. The lowest BCUT2D eigenvalue weighted by Gasteiger charge is -2.23. The number of β-amino-alcohol motifs (C(OH)–C–C–N with tert-alkyl or cyclic N) is 1. The van der Waals surface area contributed by atoms with Gasteiger partial charge in [0.15, 0.2) is 0 Å². The first-order valence-corrected chi connectivity index (χ1v) is 8.99. The van der Waals surface area contributed by atoms with E-state index in [1.165, 1.54) is 0 Å². The fraction of sp³-hybridized carbons (Fsp3) is 0.381. The molecule has 138 valence electrons. The Bertz CT molecular complexity index is 735. The first kappa shape index (κ1) is 18.4. The van der Waals surface area contributed by atoms with Gasteiger partial charge in [0.05, 0.1) is 13.7 Å². The van der Waals surface area contributed by atoms with Gasteiger partial charge in [-0.05, 0) is 30.0 Å². The number of rotatable bonds is 7. The number of amides is 1. The predicted molar refractivity (Wildman–Crippen MR) is 101 cm³/mol. The molecule has 0 bridgehead atoms. The van der Waals surface area contributed by atoms with Gasteiger partial charge in [-0.2, -0.15) is 0 Å². The molecule has 5 nitrogen and oxygen atoms in total. The van der Waals surface area contributed by atoms with Gasteiger partial charge < -0.3 is 15.2 Å². The highest BCUT2D eigenvalue weighted by Gasteiger charge is 2.37. The van der Waals surface area contributed by atoms with Gasteiger partial charge >= 0.3 is 0 Å². The summed E-state index contributed by atoms with van der Waals surface area (Å²) in [6.45, 7) is 2.07. The molecule has 1 heterocycles. The summed E-state index contributed by atoms with van der Waals surface area (Å²) in [7, 11) is 1.65. The molecule has 1 amide bonds. The third-order valence-corrected chi connectivity index (χ3v) is 4.91. The van der Waals surface area contributed by atoms with Crippen molar-refractivity contribution in [2.45, 2.75) is 18.4 Å². The van der Waals surface area contributed by atoms with Crippen molar-refractivity contribution in [3.63, 3.8) is 0 Å². The van der Waals surface area contributed by atoms with Gasteiger partial charge in [-0.1, -0.05) is 48.5 Å². The van der Waals surface area contributed by atoms with Gasteiger partial charge in [-0.25, -0.2) is 0 Å². The minimum absolute atomic E-state index is 0.0165. The van der Waals surface area contributed by atoms with Crippen LogP contribution in [0, 0.1) is 0 Å². The summed E-state index contributed by atoms with van der Waals surface area (Å²) < 4.78 is 5.33. The van der Waals surface area contributed by atoms with E-state index in [0.29, 0.717) is 32.6 Å². The monoisotopic (exact) mass is 354 g/mol. The molecule has 1 atom stereocenters. The van der Waals surface area contributed by atoms with E-state index in [2.05, 4.69) is 5.32 Å². The maximum atomic E-state index is 12.2. The van der Waals surface area contributed by atoms with Crippen molar-refractivity contribution < 1.29 is 14.6 Å². The second-order valence-electron chi connectivity index (χ2n) is 6.77. The van der Waals surface area contributed by atoms with E-state index in [9.17, 15) is 9.90 Å². The van der Waals surface area contributed by atoms with Crippen LogP contribution in [-0.2, 0) is 16.8 Å². The highest BCUT2D eigenvalue weighted by molar-refractivity contribution is 5.78. The van der Waals surface area contributed by atoms with Gasteiger partial charge in [-0.15, -0.1) is 0 Å². The molecule has 2 aromatic rings. The molecule has 0 aromatic heterocycles. The smallest absolute Gasteiger partial charge is 0.234 e. The number of aliphatic hydroxyl groups is 1. The van der Waals surface area contributed by atoms with E-state index in [0.717, 1.165) is 23.3 Å². The van der Waals surface area contributed by atoms with Gasteiger partial charge in [0.1, 0.15) is 11.4 Å². The Morgan fingerprint density at radius 2 is 1.92 bits per heavy atom. The largest absolute Gasteiger partial charge is 0.496 e. The van der Waals surface area contributed by atoms with Crippen LogP contribution in [0.4, 0.5) is 0 Å². The molecule has 1 fully saturated rings. The number of nitrogens with one attached hydrogen (secondary N) is 1. The fourth-order valence-electron chi connectivity index (χ4n) is 3.50. The van der Waals surface area contributed by atoms with Crippen LogP contribution in [0.1, 0.15) is 17.5 Å². The minimum atomic E-state index is -0.862. The number of carbonyl (C=O) groups excluding carboxylic acids is 1. The van der Waals surface area contributed by atoms with E-state index >= 15 is 0 Å². The summed E-state index contributed by atoms with van der Waals surface area (Å²) >= 11 is 0. The highest BCUT2D eigenvalue weighted by Crippen LogP contribution is 2.31. The van der Waals surface area contributed by atoms with Gasteiger partial charge in [-0.3, -0.25) is 9.69 Å². The summed E-state index contributed by atoms with van der Waals surface area (Å²) in [6.07, 6.45) is 1.37. The first-order chi connectivity index (χ1) is 12.6. The molecule has 26 heavy (non-hydrogen) atoms. The van der Waals surface area contributed by atoms with Crippen LogP contribution in [-0.4, -0.2) is 49.2 Å². The summed E-state index contributed by atoms with van der Waals surface area (Å²) in [5.74, 6) is 0.825. The lowest BCUT2D eigenvalue weighted by Crippen LogP contribution is -2.39. The Hall–Kier alpha value is -2.37. The number of benzene rings is 2. The molecule has 0 spiro atoms. The van der Waals surface area contributed by atoms with E-state index in [-0.39, 0.29) is 5.91 Å². The molecule has 1 aliphatic heterocycles. The highest BCUT2D eigenvalue weighted by atomic mass is 16.5. The van der Waals surface area contributed by atoms with Crippen molar-refractivity contribution in [3.8, 4) is 5.75 Å². The fourth-order valence-corrected chi connectivity index (χ4v) is 3.50. The zero-order valence-corrected chi connectivity index (χ0v) is 15.1. The van der Waals surface area contributed by atoms with E-state index < -0.39 is 5.60 Å². The zero-order valence-electron chi connectivity index (χ0n) is 15.1. The van der Waals surface area contributed by atoms with E-state index in [1.54, 1.807) is 7.11 Å². The number of nitrogens with zero attached hydrogens (tertiary/aromatic N) is 1. The molecule has 2 N–H and O–H groups in total. The number of hydrogen-bond donors (Lipinski definition) is 2.